The molecule has 0 saturated carbocycles. The summed E-state index contributed by atoms with van der Waals surface area (Å²) in [5.41, 5.74) is 4.21. The Morgan fingerprint density at radius 3 is 2.10 bits per heavy atom. The molecule has 0 aliphatic heterocycles. The summed E-state index contributed by atoms with van der Waals surface area (Å²) in [6.45, 7) is 12.3. The predicted molar refractivity (Wildman–Crippen MR) is 93.3 cm³/mol. The summed E-state index contributed by atoms with van der Waals surface area (Å²) in [6, 6.07) is 5.13. The average molecular weight is 340 g/mol. The predicted octanol–water partition coefficient (Wildman–Crippen LogP) is 5.93. The summed E-state index contributed by atoms with van der Waals surface area (Å²) >= 11 is 3.65. The second-order valence-corrected chi connectivity index (χ2v) is 6.69. The first-order chi connectivity index (χ1) is 9.54. The summed E-state index contributed by atoms with van der Waals surface area (Å²) in [5, 5.41) is 3.74. The zero-order valence-corrected chi connectivity index (χ0v) is 15.3. The SMILES string of the molecule is CCCC(CCC)C(NCC)c1cc(C)c(Br)cc1C. The highest BCUT2D eigenvalue weighted by Crippen LogP contribution is 2.33. The standard InChI is InChI=1S/C18H30BrN/c1-6-9-15(10-7-2)18(20-8-3)16-11-14(5)17(19)12-13(16)4/h11-12,15,18,20H,6-10H2,1-5H3. The van der Waals surface area contributed by atoms with Gasteiger partial charge in [-0.1, -0.05) is 55.6 Å². The second-order valence-electron chi connectivity index (χ2n) is 5.83. The Morgan fingerprint density at radius 2 is 1.60 bits per heavy atom. The van der Waals surface area contributed by atoms with Gasteiger partial charge in [0.05, 0.1) is 0 Å². The number of hydrogen-bond donors (Lipinski definition) is 1. The first-order valence-corrected chi connectivity index (χ1v) is 8.84. The minimum atomic E-state index is 0.492. The third-order valence-electron chi connectivity index (χ3n) is 4.10. The van der Waals surface area contributed by atoms with Crippen LogP contribution in [-0.4, -0.2) is 6.54 Å². The van der Waals surface area contributed by atoms with Crippen molar-refractivity contribution < 1.29 is 0 Å². The van der Waals surface area contributed by atoms with E-state index in [1.165, 1.54) is 46.8 Å². The van der Waals surface area contributed by atoms with Crippen LogP contribution in [0.3, 0.4) is 0 Å². The fourth-order valence-electron chi connectivity index (χ4n) is 3.11. The van der Waals surface area contributed by atoms with Gasteiger partial charge in [-0.3, -0.25) is 0 Å². The van der Waals surface area contributed by atoms with Crippen LogP contribution in [0.25, 0.3) is 0 Å². The number of rotatable bonds is 8. The Hall–Kier alpha value is -0.340. The molecule has 0 radical (unpaired) electrons. The molecule has 1 N–H and O–H groups in total. The van der Waals surface area contributed by atoms with E-state index in [1.807, 2.05) is 0 Å². The lowest BCUT2D eigenvalue weighted by Crippen LogP contribution is -2.29. The molecule has 1 aromatic carbocycles. The van der Waals surface area contributed by atoms with E-state index in [0.717, 1.165) is 12.5 Å². The van der Waals surface area contributed by atoms with Gasteiger partial charge in [-0.15, -0.1) is 0 Å². The third-order valence-corrected chi connectivity index (χ3v) is 4.95. The van der Waals surface area contributed by atoms with Gasteiger partial charge in [-0.25, -0.2) is 0 Å². The van der Waals surface area contributed by atoms with Gasteiger partial charge in [0.25, 0.3) is 0 Å². The molecule has 2 heteroatoms. The molecule has 1 unspecified atom stereocenters. The van der Waals surface area contributed by atoms with Crippen LogP contribution < -0.4 is 5.32 Å². The quantitative estimate of drug-likeness (QED) is 0.618. The number of benzene rings is 1. The van der Waals surface area contributed by atoms with Crippen LogP contribution in [-0.2, 0) is 0 Å². The fourth-order valence-corrected chi connectivity index (χ4v) is 3.57. The van der Waals surface area contributed by atoms with Crippen molar-refractivity contribution in [2.75, 3.05) is 6.54 Å². The number of halogens is 1. The molecule has 0 fully saturated rings. The van der Waals surface area contributed by atoms with Gasteiger partial charge in [-0.2, -0.15) is 0 Å². The molecule has 20 heavy (non-hydrogen) atoms. The lowest BCUT2D eigenvalue weighted by molar-refractivity contribution is 0.319. The highest BCUT2D eigenvalue weighted by Gasteiger charge is 2.23. The van der Waals surface area contributed by atoms with Gasteiger partial charge in [0, 0.05) is 10.5 Å². The first kappa shape index (κ1) is 17.7. The molecule has 0 amide bonds. The van der Waals surface area contributed by atoms with E-state index in [0.29, 0.717) is 6.04 Å². The Kier molecular flexibility index (Phi) is 7.83. The van der Waals surface area contributed by atoms with Gasteiger partial charge >= 0.3 is 0 Å². The number of hydrogen-bond acceptors (Lipinski definition) is 1. The third kappa shape index (κ3) is 4.60. The van der Waals surface area contributed by atoms with E-state index in [2.05, 4.69) is 68.0 Å². The highest BCUT2D eigenvalue weighted by atomic mass is 79.9. The molecule has 0 aromatic heterocycles. The summed E-state index contributed by atoms with van der Waals surface area (Å²) in [5.74, 6) is 0.740. The summed E-state index contributed by atoms with van der Waals surface area (Å²) in [4.78, 5) is 0. The van der Waals surface area contributed by atoms with Gasteiger partial charge in [-0.05, 0) is 61.9 Å². The molecule has 1 nitrogen and oxygen atoms in total. The molecule has 0 aliphatic carbocycles. The van der Waals surface area contributed by atoms with Crippen LogP contribution in [0.15, 0.2) is 16.6 Å². The van der Waals surface area contributed by atoms with Crippen LogP contribution in [0.2, 0.25) is 0 Å². The van der Waals surface area contributed by atoms with Gasteiger partial charge in [0.2, 0.25) is 0 Å². The maximum Gasteiger partial charge on any atom is 0.0351 e. The highest BCUT2D eigenvalue weighted by molar-refractivity contribution is 9.10. The maximum absolute atomic E-state index is 3.74. The molecule has 1 aromatic rings. The monoisotopic (exact) mass is 339 g/mol. The summed E-state index contributed by atoms with van der Waals surface area (Å²) in [7, 11) is 0. The topological polar surface area (TPSA) is 12.0 Å². The molecule has 0 aliphatic rings. The molecule has 0 bridgehead atoms. The van der Waals surface area contributed by atoms with Crippen molar-refractivity contribution in [3.05, 3.63) is 33.3 Å². The number of aryl methyl sites for hydroxylation is 2. The molecule has 0 heterocycles. The second kappa shape index (κ2) is 8.84. The number of nitrogens with one attached hydrogen (secondary N) is 1. The van der Waals surface area contributed by atoms with Crippen LogP contribution in [0.5, 0.6) is 0 Å². The van der Waals surface area contributed by atoms with Gasteiger partial charge < -0.3 is 5.32 Å². The molecular formula is C18H30BrN. The van der Waals surface area contributed by atoms with Crippen molar-refractivity contribution in [2.45, 2.75) is 66.3 Å². The molecule has 0 saturated heterocycles. The van der Waals surface area contributed by atoms with Crippen LogP contribution in [0.4, 0.5) is 0 Å². The van der Waals surface area contributed by atoms with Crippen molar-refractivity contribution in [1.82, 2.24) is 5.32 Å². The van der Waals surface area contributed by atoms with Crippen molar-refractivity contribution in [3.63, 3.8) is 0 Å². The average Bonchev–Trinajstić information content (AvgIpc) is 2.40. The zero-order chi connectivity index (χ0) is 15.1. The van der Waals surface area contributed by atoms with Crippen molar-refractivity contribution in [2.24, 2.45) is 5.92 Å². The molecule has 114 valence electrons. The van der Waals surface area contributed by atoms with Crippen molar-refractivity contribution >= 4 is 15.9 Å². The molecule has 1 atom stereocenters. The van der Waals surface area contributed by atoms with E-state index in [1.54, 1.807) is 0 Å². The van der Waals surface area contributed by atoms with Crippen LogP contribution in [0, 0.1) is 19.8 Å². The molecule has 1 rings (SSSR count). The Balaban J connectivity index is 3.13. The Morgan fingerprint density at radius 1 is 1.00 bits per heavy atom. The van der Waals surface area contributed by atoms with Crippen LogP contribution in [0.1, 0.15) is 69.2 Å². The van der Waals surface area contributed by atoms with Gasteiger partial charge in [0.15, 0.2) is 0 Å². The van der Waals surface area contributed by atoms with E-state index in [9.17, 15) is 0 Å². The largest absolute Gasteiger partial charge is 0.310 e. The fraction of sp³-hybridized carbons (Fsp3) is 0.667. The summed E-state index contributed by atoms with van der Waals surface area (Å²) < 4.78 is 1.22. The maximum atomic E-state index is 3.74. The Bertz CT molecular complexity index is 408. The van der Waals surface area contributed by atoms with E-state index < -0.39 is 0 Å². The molecular weight excluding hydrogens is 310 g/mol. The first-order valence-electron chi connectivity index (χ1n) is 8.05. The Labute approximate surface area is 133 Å². The normalized spacial score (nSPS) is 12.9. The lowest BCUT2D eigenvalue weighted by Gasteiger charge is -2.30. The van der Waals surface area contributed by atoms with Gasteiger partial charge in [0.1, 0.15) is 0 Å². The minimum absolute atomic E-state index is 0.492. The molecule has 0 spiro atoms. The zero-order valence-electron chi connectivity index (χ0n) is 13.7. The van der Waals surface area contributed by atoms with Crippen LogP contribution >= 0.6 is 15.9 Å². The smallest absolute Gasteiger partial charge is 0.0351 e. The lowest BCUT2D eigenvalue weighted by atomic mass is 9.84. The van der Waals surface area contributed by atoms with Crippen molar-refractivity contribution in [1.29, 1.82) is 0 Å². The van der Waals surface area contributed by atoms with E-state index in [4.69, 9.17) is 0 Å². The van der Waals surface area contributed by atoms with Crippen molar-refractivity contribution in [3.8, 4) is 0 Å². The van der Waals surface area contributed by atoms with E-state index in [-0.39, 0.29) is 0 Å². The minimum Gasteiger partial charge on any atom is -0.310 e. The van der Waals surface area contributed by atoms with E-state index >= 15 is 0 Å². The summed E-state index contributed by atoms with van der Waals surface area (Å²) in [6.07, 6.45) is 5.14.